The number of alkyl halides is 3. The molecule has 1 aromatic heterocycles. The highest BCUT2D eigenvalue weighted by molar-refractivity contribution is 6.02. The summed E-state index contributed by atoms with van der Waals surface area (Å²) in [7, 11) is 1.85. The smallest absolute Gasteiger partial charge is 0.360 e. The minimum atomic E-state index is -4.44. The Balaban J connectivity index is 1.82. The zero-order valence-electron chi connectivity index (χ0n) is 15.3. The number of hydrazone groups is 1. The molecule has 1 aromatic carbocycles. The summed E-state index contributed by atoms with van der Waals surface area (Å²) in [6, 6.07) is 9.68. The quantitative estimate of drug-likeness (QED) is 0.852. The van der Waals surface area contributed by atoms with Crippen LogP contribution in [-0.2, 0) is 0 Å². The number of aryl methyl sites for hydroxylation is 1. The zero-order valence-corrected chi connectivity index (χ0v) is 15.3. The van der Waals surface area contributed by atoms with Gasteiger partial charge in [-0.2, -0.15) is 18.3 Å². The van der Waals surface area contributed by atoms with Crippen LogP contribution in [0.15, 0.2) is 35.4 Å². The van der Waals surface area contributed by atoms with Gasteiger partial charge in [0.2, 0.25) is 0 Å². The second-order valence-electron chi connectivity index (χ2n) is 6.67. The van der Waals surface area contributed by atoms with Crippen LogP contribution in [0.4, 0.5) is 13.2 Å². The molecule has 0 fully saturated rings. The summed E-state index contributed by atoms with van der Waals surface area (Å²) in [4.78, 5) is 15.4. The van der Waals surface area contributed by atoms with Crippen LogP contribution in [0, 0.1) is 13.8 Å². The summed E-state index contributed by atoms with van der Waals surface area (Å²) in [6.07, 6.45) is -3.80. The average Bonchev–Trinajstić information content (AvgIpc) is 3.12. The fraction of sp³-hybridized carbons (Fsp3) is 0.368. The number of nitrogens with zero attached hydrogens (tertiary/aromatic N) is 2. The Kier molecular flexibility index (Phi) is 4.99. The first-order valence-corrected chi connectivity index (χ1v) is 8.57. The second-order valence-corrected chi connectivity index (χ2v) is 6.67. The Morgan fingerprint density at radius 1 is 1.30 bits per heavy atom. The van der Waals surface area contributed by atoms with Crippen molar-refractivity contribution in [3.05, 3.63) is 58.4 Å². The monoisotopic (exact) mass is 378 g/mol. The van der Waals surface area contributed by atoms with Crippen molar-refractivity contribution >= 4 is 11.6 Å². The Morgan fingerprint density at radius 2 is 1.96 bits per heavy atom. The van der Waals surface area contributed by atoms with E-state index in [4.69, 9.17) is 0 Å². The van der Waals surface area contributed by atoms with Crippen LogP contribution < -0.4 is 5.32 Å². The first-order valence-electron chi connectivity index (χ1n) is 8.57. The lowest BCUT2D eigenvalue weighted by Gasteiger charge is -2.18. The third kappa shape index (κ3) is 3.99. The van der Waals surface area contributed by atoms with E-state index in [1.165, 1.54) is 0 Å². The van der Waals surface area contributed by atoms with E-state index in [9.17, 15) is 18.0 Å². The van der Waals surface area contributed by atoms with Gasteiger partial charge in [-0.25, -0.2) is 0 Å². The highest BCUT2D eigenvalue weighted by Gasteiger charge is 2.32. The number of hydrogen-bond donors (Lipinski definition) is 2. The Hall–Kier alpha value is -2.77. The SMILES string of the molecule is Cc1[nH]c(C2CC(c3ccccc3)=NN2C)c(C)c1C(=O)NCC(F)(F)F. The van der Waals surface area contributed by atoms with Crippen molar-refractivity contribution in [3.63, 3.8) is 0 Å². The second kappa shape index (κ2) is 7.09. The van der Waals surface area contributed by atoms with Gasteiger partial charge in [-0.3, -0.25) is 9.80 Å². The number of carbonyl (C=O) groups is 1. The van der Waals surface area contributed by atoms with Gasteiger partial charge in [-0.15, -0.1) is 0 Å². The van der Waals surface area contributed by atoms with Crippen LogP contribution in [0.25, 0.3) is 0 Å². The maximum Gasteiger partial charge on any atom is 0.405 e. The first-order chi connectivity index (χ1) is 12.7. The van der Waals surface area contributed by atoms with Gasteiger partial charge in [0.25, 0.3) is 5.91 Å². The van der Waals surface area contributed by atoms with Crippen molar-refractivity contribution in [2.45, 2.75) is 32.5 Å². The number of benzene rings is 1. The Bertz CT molecular complexity index is 871. The highest BCUT2D eigenvalue weighted by atomic mass is 19.4. The molecular weight excluding hydrogens is 357 g/mol. The van der Waals surface area contributed by atoms with E-state index in [1.54, 1.807) is 13.8 Å². The van der Waals surface area contributed by atoms with Crippen LogP contribution in [0.3, 0.4) is 0 Å². The standard InChI is InChI=1S/C19H21F3N4O/c1-11-16(18(27)23-10-19(20,21)22)12(2)24-17(11)15-9-14(25-26(15)3)13-7-5-4-6-8-13/h4-8,15,24H,9-10H2,1-3H3,(H,23,27). The molecule has 1 amide bonds. The molecule has 2 aromatic rings. The molecule has 0 saturated carbocycles. The van der Waals surface area contributed by atoms with E-state index in [-0.39, 0.29) is 11.6 Å². The maximum absolute atomic E-state index is 12.4. The lowest BCUT2D eigenvalue weighted by atomic mass is 9.99. The fourth-order valence-electron chi connectivity index (χ4n) is 3.43. The number of carbonyl (C=O) groups excluding carboxylic acids is 1. The predicted octanol–water partition coefficient (Wildman–Crippen LogP) is 3.70. The van der Waals surface area contributed by atoms with Crippen LogP contribution in [0.1, 0.15) is 45.3 Å². The normalized spacial score (nSPS) is 17.2. The lowest BCUT2D eigenvalue weighted by molar-refractivity contribution is -0.123. The van der Waals surface area contributed by atoms with Gasteiger partial charge < -0.3 is 10.3 Å². The molecule has 0 radical (unpaired) electrons. The molecule has 1 aliphatic heterocycles. The number of hydrogen-bond acceptors (Lipinski definition) is 3. The molecule has 144 valence electrons. The van der Waals surface area contributed by atoms with E-state index < -0.39 is 18.6 Å². The number of amides is 1. The maximum atomic E-state index is 12.4. The molecule has 0 spiro atoms. The van der Waals surface area contributed by atoms with E-state index in [1.807, 2.05) is 47.7 Å². The van der Waals surface area contributed by atoms with Gasteiger partial charge in [0.05, 0.1) is 17.3 Å². The largest absolute Gasteiger partial charge is 0.405 e. The molecule has 3 rings (SSSR count). The molecule has 1 unspecified atom stereocenters. The third-order valence-electron chi connectivity index (χ3n) is 4.71. The van der Waals surface area contributed by atoms with Crippen molar-refractivity contribution in [1.82, 2.24) is 15.3 Å². The molecule has 0 saturated heterocycles. The first kappa shape index (κ1) is 19.0. The number of H-pyrrole nitrogens is 1. The topological polar surface area (TPSA) is 60.5 Å². The van der Waals surface area contributed by atoms with Gasteiger partial charge in [-0.1, -0.05) is 30.3 Å². The minimum absolute atomic E-state index is 0.108. The third-order valence-corrected chi connectivity index (χ3v) is 4.71. The number of rotatable bonds is 4. The summed E-state index contributed by atoms with van der Waals surface area (Å²) >= 11 is 0. The molecule has 2 heterocycles. The molecule has 2 N–H and O–H groups in total. The van der Waals surface area contributed by atoms with Crippen molar-refractivity contribution in [1.29, 1.82) is 0 Å². The summed E-state index contributed by atoms with van der Waals surface area (Å²) in [6.45, 7) is 2.08. The van der Waals surface area contributed by atoms with Gasteiger partial charge in [-0.05, 0) is 25.0 Å². The number of aromatic nitrogens is 1. The van der Waals surface area contributed by atoms with E-state index in [2.05, 4.69) is 10.1 Å². The Labute approximate surface area is 155 Å². The lowest BCUT2D eigenvalue weighted by Crippen LogP contribution is -2.34. The molecule has 0 aliphatic carbocycles. The molecule has 0 bridgehead atoms. The zero-order chi connectivity index (χ0) is 19.8. The predicted molar refractivity (Wildman–Crippen MR) is 96.8 cm³/mol. The van der Waals surface area contributed by atoms with E-state index in [0.717, 1.165) is 17.0 Å². The molecule has 1 atom stereocenters. The van der Waals surface area contributed by atoms with Crippen molar-refractivity contribution in [2.24, 2.45) is 5.10 Å². The molecule has 8 heteroatoms. The van der Waals surface area contributed by atoms with Gasteiger partial charge in [0, 0.05) is 24.9 Å². The minimum Gasteiger partial charge on any atom is -0.360 e. The number of aromatic amines is 1. The summed E-state index contributed by atoms with van der Waals surface area (Å²) < 4.78 is 37.2. The van der Waals surface area contributed by atoms with Crippen molar-refractivity contribution < 1.29 is 18.0 Å². The number of nitrogens with one attached hydrogen (secondary N) is 2. The highest BCUT2D eigenvalue weighted by Crippen LogP contribution is 2.34. The van der Waals surface area contributed by atoms with Crippen molar-refractivity contribution in [3.8, 4) is 0 Å². The summed E-state index contributed by atoms with van der Waals surface area (Å²) in [5.41, 5.74) is 4.20. The molecule has 27 heavy (non-hydrogen) atoms. The summed E-state index contributed by atoms with van der Waals surface area (Å²) in [5.74, 6) is -0.727. The summed E-state index contributed by atoms with van der Waals surface area (Å²) in [5, 5.41) is 8.35. The number of halogens is 3. The van der Waals surface area contributed by atoms with Gasteiger partial charge in [0.15, 0.2) is 0 Å². The van der Waals surface area contributed by atoms with Crippen LogP contribution in [0.5, 0.6) is 0 Å². The van der Waals surface area contributed by atoms with Crippen molar-refractivity contribution in [2.75, 3.05) is 13.6 Å². The molecule has 1 aliphatic rings. The fourth-order valence-corrected chi connectivity index (χ4v) is 3.43. The molecular formula is C19H21F3N4O. The molecule has 5 nitrogen and oxygen atoms in total. The van der Waals surface area contributed by atoms with Crippen LogP contribution >= 0.6 is 0 Å². The van der Waals surface area contributed by atoms with Crippen LogP contribution in [-0.4, -0.2) is 41.4 Å². The average molecular weight is 378 g/mol. The van der Waals surface area contributed by atoms with Gasteiger partial charge in [0.1, 0.15) is 6.54 Å². The van der Waals surface area contributed by atoms with Crippen LogP contribution in [0.2, 0.25) is 0 Å². The van der Waals surface area contributed by atoms with E-state index >= 15 is 0 Å². The van der Waals surface area contributed by atoms with Gasteiger partial charge >= 0.3 is 6.18 Å². The van der Waals surface area contributed by atoms with E-state index in [0.29, 0.717) is 17.7 Å². The Morgan fingerprint density at radius 3 is 2.59 bits per heavy atom.